The summed E-state index contributed by atoms with van der Waals surface area (Å²) >= 11 is 0. The SMILES string of the molecule is CNC(c1ccccc1)c1c(C)cccc1C. The molecule has 2 aromatic carbocycles. The molecule has 0 aliphatic heterocycles. The summed E-state index contributed by atoms with van der Waals surface area (Å²) in [4.78, 5) is 0. The molecule has 1 heteroatoms. The summed E-state index contributed by atoms with van der Waals surface area (Å²) in [6.07, 6.45) is 0. The third-order valence-corrected chi connectivity index (χ3v) is 3.25. The molecular weight excluding hydrogens is 206 g/mol. The van der Waals surface area contributed by atoms with Crippen LogP contribution in [0.4, 0.5) is 0 Å². The van der Waals surface area contributed by atoms with Gasteiger partial charge in [-0.3, -0.25) is 0 Å². The first kappa shape index (κ1) is 11.9. The summed E-state index contributed by atoms with van der Waals surface area (Å²) in [6, 6.07) is 17.3. The van der Waals surface area contributed by atoms with E-state index in [4.69, 9.17) is 0 Å². The van der Waals surface area contributed by atoms with Crippen molar-refractivity contribution in [3.63, 3.8) is 0 Å². The Balaban J connectivity index is 2.50. The summed E-state index contributed by atoms with van der Waals surface area (Å²) in [5, 5.41) is 3.42. The highest BCUT2D eigenvalue weighted by Crippen LogP contribution is 2.27. The zero-order valence-electron chi connectivity index (χ0n) is 10.7. The smallest absolute Gasteiger partial charge is 0.0579 e. The first-order chi connectivity index (χ1) is 8.24. The Labute approximate surface area is 103 Å². The maximum Gasteiger partial charge on any atom is 0.0579 e. The highest BCUT2D eigenvalue weighted by atomic mass is 14.9. The molecule has 88 valence electrons. The van der Waals surface area contributed by atoms with Crippen molar-refractivity contribution in [2.24, 2.45) is 0 Å². The Morgan fingerprint density at radius 3 is 1.94 bits per heavy atom. The lowest BCUT2D eigenvalue weighted by atomic mass is 9.91. The Hall–Kier alpha value is -1.60. The second kappa shape index (κ2) is 5.15. The molecule has 0 saturated heterocycles. The normalized spacial score (nSPS) is 12.4. The average molecular weight is 225 g/mol. The highest BCUT2D eigenvalue weighted by molar-refractivity contribution is 5.41. The van der Waals surface area contributed by atoms with Gasteiger partial charge in [-0.15, -0.1) is 0 Å². The Kier molecular flexibility index (Phi) is 3.60. The van der Waals surface area contributed by atoms with E-state index in [1.165, 1.54) is 22.3 Å². The molecule has 2 aromatic rings. The fourth-order valence-corrected chi connectivity index (χ4v) is 2.41. The summed E-state index contributed by atoms with van der Waals surface area (Å²) < 4.78 is 0. The van der Waals surface area contributed by atoms with E-state index < -0.39 is 0 Å². The Morgan fingerprint density at radius 2 is 1.41 bits per heavy atom. The van der Waals surface area contributed by atoms with Crippen molar-refractivity contribution in [2.75, 3.05) is 7.05 Å². The number of aryl methyl sites for hydroxylation is 2. The van der Waals surface area contributed by atoms with Gasteiger partial charge < -0.3 is 5.32 Å². The van der Waals surface area contributed by atoms with Crippen molar-refractivity contribution in [3.8, 4) is 0 Å². The van der Waals surface area contributed by atoms with Gasteiger partial charge in [0.15, 0.2) is 0 Å². The van der Waals surface area contributed by atoms with Gasteiger partial charge in [0, 0.05) is 0 Å². The van der Waals surface area contributed by atoms with E-state index in [1.54, 1.807) is 0 Å². The molecule has 17 heavy (non-hydrogen) atoms. The van der Waals surface area contributed by atoms with Gasteiger partial charge in [0.25, 0.3) is 0 Å². The summed E-state index contributed by atoms with van der Waals surface area (Å²) in [5.74, 6) is 0. The molecule has 0 aliphatic rings. The Morgan fingerprint density at radius 1 is 0.824 bits per heavy atom. The van der Waals surface area contributed by atoms with Crippen molar-refractivity contribution in [3.05, 3.63) is 70.8 Å². The van der Waals surface area contributed by atoms with Crippen LogP contribution in [0.25, 0.3) is 0 Å². The van der Waals surface area contributed by atoms with Gasteiger partial charge in [-0.2, -0.15) is 0 Å². The van der Waals surface area contributed by atoms with Crippen LogP contribution in [0.2, 0.25) is 0 Å². The number of hydrogen-bond donors (Lipinski definition) is 1. The predicted molar refractivity (Wildman–Crippen MR) is 73.3 cm³/mol. The minimum atomic E-state index is 0.275. The monoisotopic (exact) mass is 225 g/mol. The van der Waals surface area contributed by atoms with Gasteiger partial charge in [0.1, 0.15) is 0 Å². The van der Waals surface area contributed by atoms with Gasteiger partial charge in [-0.05, 0) is 43.1 Å². The molecule has 2 rings (SSSR count). The molecule has 0 spiro atoms. The third-order valence-electron chi connectivity index (χ3n) is 3.25. The third kappa shape index (κ3) is 2.40. The number of nitrogens with one attached hydrogen (secondary N) is 1. The van der Waals surface area contributed by atoms with Gasteiger partial charge in [-0.1, -0.05) is 48.5 Å². The van der Waals surface area contributed by atoms with Crippen LogP contribution in [0.15, 0.2) is 48.5 Å². The fraction of sp³-hybridized carbons (Fsp3) is 0.250. The Bertz CT molecular complexity index is 468. The van der Waals surface area contributed by atoms with E-state index >= 15 is 0 Å². The standard InChI is InChI=1S/C16H19N/c1-12-8-7-9-13(2)15(12)16(17-3)14-10-5-4-6-11-14/h4-11,16-17H,1-3H3. The topological polar surface area (TPSA) is 12.0 Å². The van der Waals surface area contributed by atoms with Crippen LogP contribution in [-0.2, 0) is 0 Å². The lowest BCUT2D eigenvalue weighted by Gasteiger charge is -2.21. The molecule has 0 aliphatic carbocycles. The quantitative estimate of drug-likeness (QED) is 0.841. The van der Waals surface area contributed by atoms with Crippen molar-refractivity contribution < 1.29 is 0 Å². The molecule has 0 bridgehead atoms. The highest BCUT2D eigenvalue weighted by Gasteiger charge is 2.15. The lowest BCUT2D eigenvalue weighted by Crippen LogP contribution is -2.19. The second-order valence-electron chi connectivity index (χ2n) is 4.44. The molecule has 1 atom stereocenters. The van der Waals surface area contributed by atoms with Crippen LogP contribution in [0.3, 0.4) is 0 Å². The lowest BCUT2D eigenvalue weighted by molar-refractivity contribution is 0.683. The second-order valence-corrected chi connectivity index (χ2v) is 4.44. The first-order valence-corrected chi connectivity index (χ1v) is 6.02. The molecule has 1 unspecified atom stereocenters. The van der Waals surface area contributed by atoms with Crippen LogP contribution < -0.4 is 5.32 Å². The molecule has 0 saturated carbocycles. The van der Waals surface area contributed by atoms with Gasteiger partial charge in [0.2, 0.25) is 0 Å². The zero-order valence-corrected chi connectivity index (χ0v) is 10.7. The van der Waals surface area contributed by atoms with E-state index in [-0.39, 0.29) is 6.04 Å². The van der Waals surface area contributed by atoms with Gasteiger partial charge in [0.05, 0.1) is 6.04 Å². The van der Waals surface area contributed by atoms with Crippen molar-refractivity contribution in [1.82, 2.24) is 5.32 Å². The predicted octanol–water partition coefficient (Wildman–Crippen LogP) is 3.61. The molecule has 0 amide bonds. The minimum Gasteiger partial charge on any atom is -0.309 e. The minimum absolute atomic E-state index is 0.275. The maximum absolute atomic E-state index is 3.42. The summed E-state index contributed by atoms with van der Waals surface area (Å²) in [5.41, 5.74) is 5.38. The van der Waals surface area contributed by atoms with E-state index in [0.29, 0.717) is 0 Å². The molecule has 1 nitrogen and oxygen atoms in total. The van der Waals surface area contributed by atoms with E-state index in [1.807, 2.05) is 7.05 Å². The number of benzene rings is 2. The number of hydrogen-bond acceptors (Lipinski definition) is 1. The molecule has 1 N–H and O–H groups in total. The van der Waals surface area contributed by atoms with Crippen molar-refractivity contribution in [2.45, 2.75) is 19.9 Å². The van der Waals surface area contributed by atoms with Crippen LogP contribution in [0, 0.1) is 13.8 Å². The first-order valence-electron chi connectivity index (χ1n) is 6.02. The molecule has 0 radical (unpaired) electrons. The van der Waals surface area contributed by atoms with Crippen LogP contribution in [0.1, 0.15) is 28.3 Å². The average Bonchev–Trinajstić information content (AvgIpc) is 2.35. The van der Waals surface area contributed by atoms with Crippen LogP contribution >= 0.6 is 0 Å². The van der Waals surface area contributed by atoms with Crippen LogP contribution in [-0.4, -0.2) is 7.05 Å². The van der Waals surface area contributed by atoms with E-state index in [2.05, 4.69) is 67.7 Å². The molecular formula is C16H19N. The summed E-state index contributed by atoms with van der Waals surface area (Å²) in [6.45, 7) is 4.35. The summed E-state index contributed by atoms with van der Waals surface area (Å²) in [7, 11) is 2.02. The molecule has 0 aromatic heterocycles. The maximum atomic E-state index is 3.42. The largest absolute Gasteiger partial charge is 0.309 e. The number of rotatable bonds is 3. The van der Waals surface area contributed by atoms with E-state index in [9.17, 15) is 0 Å². The van der Waals surface area contributed by atoms with Crippen molar-refractivity contribution in [1.29, 1.82) is 0 Å². The van der Waals surface area contributed by atoms with Crippen LogP contribution in [0.5, 0.6) is 0 Å². The fourth-order valence-electron chi connectivity index (χ4n) is 2.41. The molecule has 0 heterocycles. The zero-order chi connectivity index (χ0) is 12.3. The van der Waals surface area contributed by atoms with E-state index in [0.717, 1.165) is 0 Å². The van der Waals surface area contributed by atoms with Crippen molar-refractivity contribution >= 4 is 0 Å². The van der Waals surface area contributed by atoms with Gasteiger partial charge in [-0.25, -0.2) is 0 Å². The molecule has 0 fully saturated rings. The van der Waals surface area contributed by atoms with Gasteiger partial charge >= 0.3 is 0 Å².